The van der Waals surface area contributed by atoms with Gasteiger partial charge in [-0.1, -0.05) is 30.3 Å². The van der Waals surface area contributed by atoms with Crippen molar-refractivity contribution in [3.8, 4) is 11.5 Å². The van der Waals surface area contributed by atoms with Gasteiger partial charge in [0.05, 0.1) is 25.5 Å². The molecule has 3 N–H and O–H groups in total. The maximum atomic E-state index is 12.7. The van der Waals surface area contributed by atoms with Crippen LogP contribution < -0.4 is 25.6 Å². The average Bonchev–Trinajstić information content (AvgIpc) is 2.97. The highest BCUT2D eigenvalue weighted by Gasteiger charge is 2.11. The van der Waals surface area contributed by atoms with Crippen LogP contribution in [0.1, 0.15) is 31.8 Å². The van der Waals surface area contributed by atoms with Crippen molar-refractivity contribution in [3.63, 3.8) is 0 Å². The van der Waals surface area contributed by atoms with Gasteiger partial charge in [0.25, 0.3) is 11.8 Å². The number of amides is 2. The fourth-order valence-electron chi connectivity index (χ4n) is 3.64. The van der Waals surface area contributed by atoms with Crippen LogP contribution in [0.2, 0.25) is 0 Å². The number of rotatable bonds is 11. The molecule has 2 amide bonds. The standard InChI is InChI=1S/C29H28N4O4S/c1-36-24-13-12-22(26(16-24)37-2)18-31-33-29(35)21-8-5-7-20(15-21)19-38-27-11-4-3-10-25(27)32-28(34)23-9-6-14-30-17-23/h3-17,31H,18-19H2,1-2H3,(H,32,34)(H,33,35). The summed E-state index contributed by atoms with van der Waals surface area (Å²) in [6.07, 6.45) is 3.16. The number of thioether (sulfide) groups is 1. The van der Waals surface area contributed by atoms with Crippen LogP contribution in [0.15, 0.2) is 96.2 Å². The molecule has 194 valence electrons. The van der Waals surface area contributed by atoms with E-state index in [-0.39, 0.29) is 11.8 Å². The Bertz CT molecular complexity index is 1400. The maximum Gasteiger partial charge on any atom is 0.265 e. The molecule has 0 radical (unpaired) electrons. The van der Waals surface area contributed by atoms with Gasteiger partial charge in [-0.2, -0.15) is 0 Å². The minimum absolute atomic E-state index is 0.218. The maximum absolute atomic E-state index is 12.7. The molecule has 0 bridgehead atoms. The number of hydrogen-bond acceptors (Lipinski definition) is 7. The highest BCUT2D eigenvalue weighted by atomic mass is 32.2. The smallest absolute Gasteiger partial charge is 0.265 e. The SMILES string of the molecule is COc1ccc(CNNC(=O)c2cccc(CSc3ccccc3NC(=O)c3cccnc3)c2)c(OC)c1. The van der Waals surface area contributed by atoms with Crippen molar-refractivity contribution in [3.05, 3.63) is 114 Å². The molecule has 0 spiro atoms. The molecule has 0 saturated carbocycles. The van der Waals surface area contributed by atoms with Crippen molar-refractivity contribution in [1.29, 1.82) is 0 Å². The molecule has 0 atom stereocenters. The largest absolute Gasteiger partial charge is 0.497 e. The Hall–Kier alpha value is -4.34. The molecule has 3 aromatic carbocycles. The zero-order valence-electron chi connectivity index (χ0n) is 21.1. The molecule has 0 fully saturated rings. The van der Waals surface area contributed by atoms with E-state index in [0.717, 1.165) is 21.7 Å². The number of nitrogens with zero attached hydrogens (tertiary/aromatic N) is 1. The highest BCUT2D eigenvalue weighted by molar-refractivity contribution is 7.98. The molecule has 0 aliphatic rings. The minimum atomic E-state index is -0.242. The fourth-order valence-corrected chi connectivity index (χ4v) is 4.59. The highest BCUT2D eigenvalue weighted by Crippen LogP contribution is 2.30. The summed E-state index contributed by atoms with van der Waals surface area (Å²) < 4.78 is 10.6. The van der Waals surface area contributed by atoms with Crippen LogP contribution in [0.5, 0.6) is 11.5 Å². The molecule has 38 heavy (non-hydrogen) atoms. The Labute approximate surface area is 225 Å². The first-order chi connectivity index (χ1) is 18.6. The number of aromatic nitrogens is 1. The number of methoxy groups -OCH3 is 2. The molecule has 4 aromatic rings. The van der Waals surface area contributed by atoms with E-state index in [1.54, 1.807) is 56.4 Å². The molecular weight excluding hydrogens is 500 g/mol. The fraction of sp³-hybridized carbons (Fsp3) is 0.138. The molecule has 0 aliphatic heterocycles. The van der Waals surface area contributed by atoms with Gasteiger partial charge in [-0.3, -0.25) is 20.0 Å². The summed E-state index contributed by atoms with van der Waals surface area (Å²) in [7, 11) is 3.19. The molecule has 8 nitrogen and oxygen atoms in total. The summed E-state index contributed by atoms with van der Waals surface area (Å²) in [5.74, 6) is 1.53. The summed E-state index contributed by atoms with van der Waals surface area (Å²) >= 11 is 1.58. The normalized spacial score (nSPS) is 10.5. The Morgan fingerprint density at radius 1 is 0.868 bits per heavy atom. The lowest BCUT2D eigenvalue weighted by molar-refractivity contribution is 0.0931. The summed E-state index contributed by atoms with van der Waals surface area (Å²) in [6, 6.07) is 24.0. The van der Waals surface area contributed by atoms with Crippen molar-refractivity contribution in [2.75, 3.05) is 19.5 Å². The number of ether oxygens (including phenoxy) is 2. The van der Waals surface area contributed by atoms with Crippen LogP contribution >= 0.6 is 11.8 Å². The summed E-state index contributed by atoms with van der Waals surface area (Å²) in [5, 5.41) is 2.96. The van der Waals surface area contributed by atoms with E-state index >= 15 is 0 Å². The van der Waals surface area contributed by atoms with Crippen LogP contribution in [-0.2, 0) is 12.3 Å². The number of benzene rings is 3. The summed E-state index contributed by atoms with van der Waals surface area (Å²) in [6.45, 7) is 0.385. The molecule has 1 aromatic heterocycles. The first-order valence-electron chi connectivity index (χ1n) is 11.8. The van der Waals surface area contributed by atoms with Crippen LogP contribution in [0.25, 0.3) is 0 Å². The van der Waals surface area contributed by atoms with Gasteiger partial charge >= 0.3 is 0 Å². The molecule has 0 aliphatic carbocycles. The minimum Gasteiger partial charge on any atom is -0.497 e. The third-order valence-corrected chi connectivity index (χ3v) is 6.76. The Morgan fingerprint density at radius 2 is 1.71 bits per heavy atom. The van der Waals surface area contributed by atoms with Gasteiger partial charge in [-0.25, -0.2) is 5.43 Å². The second-order valence-corrected chi connectivity index (χ2v) is 9.18. The lowest BCUT2D eigenvalue weighted by atomic mass is 10.1. The molecule has 9 heteroatoms. The lowest BCUT2D eigenvalue weighted by Crippen LogP contribution is -2.36. The molecule has 1 heterocycles. The Kier molecular flexibility index (Phi) is 9.33. The van der Waals surface area contributed by atoms with Crippen LogP contribution in [0.4, 0.5) is 5.69 Å². The third-order valence-electron chi connectivity index (χ3n) is 5.62. The number of carbonyl (C=O) groups is 2. The first-order valence-corrected chi connectivity index (χ1v) is 12.8. The average molecular weight is 529 g/mol. The van der Waals surface area contributed by atoms with Gasteiger partial charge in [0, 0.05) is 46.8 Å². The van der Waals surface area contributed by atoms with E-state index in [1.807, 2.05) is 54.6 Å². The van der Waals surface area contributed by atoms with Gasteiger partial charge in [-0.15, -0.1) is 11.8 Å². The van der Waals surface area contributed by atoms with Gasteiger partial charge in [0.1, 0.15) is 11.5 Å². The van der Waals surface area contributed by atoms with Crippen LogP contribution in [-0.4, -0.2) is 31.0 Å². The number of carbonyl (C=O) groups excluding carboxylic acids is 2. The van der Waals surface area contributed by atoms with E-state index in [0.29, 0.717) is 34.9 Å². The van der Waals surface area contributed by atoms with E-state index in [9.17, 15) is 9.59 Å². The zero-order valence-corrected chi connectivity index (χ0v) is 21.9. The zero-order chi connectivity index (χ0) is 26.7. The van der Waals surface area contributed by atoms with Crippen LogP contribution in [0, 0.1) is 0 Å². The summed E-state index contributed by atoms with van der Waals surface area (Å²) in [4.78, 5) is 30.2. The van der Waals surface area contributed by atoms with E-state index in [2.05, 4.69) is 21.2 Å². The topological polar surface area (TPSA) is 102 Å². The summed E-state index contributed by atoms with van der Waals surface area (Å²) in [5.41, 5.74) is 9.31. The number of hydrogen-bond donors (Lipinski definition) is 3. The van der Waals surface area contributed by atoms with Gasteiger partial charge in [-0.05, 0) is 48.0 Å². The second-order valence-electron chi connectivity index (χ2n) is 8.17. The van der Waals surface area contributed by atoms with E-state index < -0.39 is 0 Å². The second kappa shape index (κ2) is 13.3. The number of hydrazine groups is 1. The number of para-hydroxylation sites is 1. The Balaban J connectivity index is 1.34. The van der Waals surface area contributed by atoms with Crippen molar-refractivity contribution in [2.24, 2.45) is 0 Å². The molecule has 4 rings (SSSR count). The lowest BCUT2D eigenvalue weighted by Gasteiger charge is -2.13. The predicted molar refractivity (Wildman–Crippen MR) is 148 cm³/mol. The monoisotopic (exact) mass is 528 g/mol. The van der Waals surface area contributed by atoms with E-state index in [4.69, 9.17) is 9.47 Å². The number of anilines is 1. The van der Waals surface area contributed by atoms with Gasteiger partial charge in [0.15, 0.2) is 0 Å². The first kappa shape index (κ1) is 26.7. The predicted octanol–water partition coefficient (Wildman–Crippen LogP) is 5.08. The van der Waals surface area contributed by atoms with Gasteiger partial charge < -0.3 is 14.8 Å². The number of pyridine rings is 1. The van der Waals surface area contributed by atoms with E-state index in [1.165, 1.54) is 6.20 Å². The number of nitrogens with one attached hydrogen (secondary N) is 3. The molecule has 0 saturated heterocycles. The third kappa shape index (κ3) is 7.12. The van der Waals surface area contributed by atoms with Crippen molar-refractivity contribution >= 4 is 29.3 Å². The van der Waals surface area contributed by atoms with Crippen molar-refractivity contribution < 1.29 is 19.1 Å². The molecule has 0 unspecified atom stereocenters. The van der Waals surface area contributed by atoms with Crippen LogP contribution in [0.3, 0.4) is 0 Å². The van der Waals surface area contributed by atoms with Crippen molar-refractivity contribution in [1.82, 2.24) is 15.8 Å². The van der Waals surface area contributed by atoms with Crippen molar-refractivity contribution in [2.45, 2.75) is 17.2 Å². The quantitative estimate of drug-likeness (QED) is 0.184. The Morgan fingerprint density at radius 3 is 2.50 bits per heavy atom. The van der Waals surface area contributed by atoms with Gasteiger partial charge in [0.2, 0.25) is 0 Å². The molecular formula is C29H28N4O4S.